The smallest absolute Gasteiger partial charge is 0.291 e. The van der Waals surface area contributed by atoms with Gasteiger partial charge in [0.15, 0.2) is 5.76 Å². The van der Waals surface area contributed by atoms with Gasteiger partial charge in [-0.25, -0.2) is 0 Å². The molecule has 0 atom stereocenters. The van der Waals surface area contributed by atoms with E-state index in [1.807, 2.05) is 43.3 Å². The zero-order valence-corrected chi connectivity index (χ0v) is 18.8. The van der Waals surface area contributed by atoms with Crippen LogP contribution >= 0.6 is 0 Å². The zero-order chi connectivity index (χ0) is 24.1. The molecule has 0 bridgehead atoms. The lowest BCUT2D eigenvalue weighted by Crippen LogP contribution is -2.42. The van der Waals surface area contributed by atoms with E-state index in [4.69, 9.17) is 4.42 Å². The quantitative estimate of drug-likeness (QED) is 0.384. The lowest BCUT2D eigenvalue weighted by Gasteiger charge is -2.13. The molecule has 0 aliphatic rings. The summed E-state index contributed by atoms with van der Waals surface area (Å²) in [7, 11) is 3.77. The molecule has 0 unspecified atom stereocenters. The van der Waals surface area contributed by atoms with Crippen LogP contribution in [0.1, 0.15) is 26.5 Å². The summed E-state index contributed by atoms with van der Waals surface area (Å²) < 4.78 is 5.57. The van der Waals surface area contributed by atoms with E-state index in [1.165, 1.54) is 0 Å². The maximum Gasteiger partial charge on any atom is 0.291 e. The molecule has 0 radical (unpaired) electrons. The Kier molecular flexibility index (Phi) is 6.59. The molecule has 34 heavy (non-hydrogen) atoms. The van der Waals surface area contributed by atoms with Crippen LogP contribution in [0.15, 0.2) is 83.3 Å². The summed E-state index contributed by atoms with van der Waals surface area (Å²) in [6.45, 7) is 0. The van der Waals surface area contributed by atoms with Crippen molar-refractivity contribution in [3.63, 3.8) is 0 Å². The number of benzene rings is 3. The predicted molar refractivity (Wildman–Crippen MR) is 131 cm³/mol. The number of hydrogen-bond acceptors (Lipinski definition) is 5. The number of furan rings is 1. The summed E-state index contributed by atoms with van der Waals surface area (Å²) in [5.74, 6) is -0.906. The molecular weight excluding hydrogens is 432 g/mol. The van der Waals surface area contributed by atoms with E-state index in [0.717, 1.165) is 16.6 Å². The van der Waals surface area contributed by atoms with Gasteiger partial charge in [-0.3, -0.25) is 25.2 Å². The highest BCUT2D eigenvalue weighted by molar-refractivity contribution is 6.04. The van der Waals surface area contributed by atoms with Crippen molar-refractivity contribution in [2.45, 2.75) is 6.42 Å². The van der Waals surface area contributed by atoms with Gasteiger partial charge >= 0.3 is 0 Å². The number of hydrazine groups is 1. The second-order valence-electron chi connectivity index (χ2n) is 7.92. The van der Waals surface area contributed by atoms with Crippen molar-refractivity contribution in [3.8, 4) is 0 Å². The summed E-state index contributed by atoms with van der Waals surface area (Å²) in [5.41, 5.74) is 8.12. The summed E-state index contributed by atoms with van der Waals surface area (Å²) >= 11 is 0. The minimum absolute atomic E-state index is 0.0653. The van der Waals surface area contributed by atoms with Gasteiger partial charge < -0.3 is 14.6 Å². The number of para-hydroxylation sites is 1. The summed E-state index contributed by atoms with van der Waals surface area (Å²) in [6, 6.07) is 23.0. The SMILES string of the molecule is CN(C)c1cccc(C(=O)NNC(=O)Cc2ccc(NC(=O)c3cc4ccccc4o3)cc2)c1. The van der Waals surface area contributed by atoms with Gasteiger partial charge in [0.2, 0.25) is 5.91 Å². The Bertz CT molecular complexity index is 1310. The van der Waals surface area contributed by atoms with Crippen LogP contribution in [0.3, 0.4) is 0 Å². The van der Waals surface area contributed by atoms with Crippen LogP contribution in [-0.4, -0.2) is 31.8 Å². The van der Waals surface area contributed by atoms with Crippen molar-refractivity contribution >= 4 is 40.1 Å². The highest BCUT2D eigenvalue weighted by Gasteiger charge is 2.13. The number of nitrogens with one attached hydrogen (secondary N) is 3. The number of nitrogens with zero attached hydrogens (tertiary/aromatic N) is 1. The third-order valence-electron chi connectivity index (χ3n) is 5.17. The average molecular weight is 457 g/mol. The van der Waals surface area contributed by atoms with Crippen LogP contribution in [0.5, 0.6) is 0 Å². The van der Waals surface area contributed by atoms with Crippen LogP contribution in [0.25, 0.3) is 11.0 Å². The van der Waals surface area contributed by atoms with Gasteiger partial charge in [0.1, 0.15) is 5.58 Å². The van der Waals surface area contributed by atoms with Gasteiger partial charge in [-0.2, -0.15) is 0 Å². The molecule has 8 nitrogen and oxygen atoms in total. The summed E-state index contributed by atoms with van der Waals surface area (Å²) in [6.07, 6.45) is 0.0653. The van der Waals surface area contributed by atoms with Crippen LogP contribution in [0, 0.1) is 0 Å². The second kappa shape index (κ2) is 9.91. The van der Waals surface area contributed by atoms with Crippen molar-refractivity contribution < 1.29 is 18.8 Å². The third-order valence-corrected chi connectivity index (χ3v) is 5.17. The largest absolute Gasteiger partial charge is 0.451 e. The fourth-order valence-electron chi connectivity index (χ4n) is 3.35. The standard InChI is InChI=1S/C26H24N4O4/c1-30(2)21-8-5-7-19(15-21)25(32)29-28-24(31)14-17-10-12-20(13-11-17)27-26(33)23-16-18-6-3-4-9-22(18)34-23/h3-13,15-16H,14H2,1-2H3,(H,27,33)(H,28,31)(H,29,32). The Morgan fingerprint density at radius 3 is 2.32 bits per heavy atom. The molecule has 0 spiro atoms. The Labute approximate surface area is 196 Å². The van der Waals surface area contributed by atoms with Crippen LogP contribution in [0.4, 0.5) is 11.4 Å². The first kappa shape index (κ1) is 22.6. The lowest BCUT2D eigenvalue weighted by molar-refractivity contribution is -0.121. The predicted octanol–water partition coefficient (Wildman–Crippen LogP) is 3.75. The van der Waals surface area contributed by atoms with Gasteiger partial charge in [0.05, 0.1) is 6.42 Å². The molecular formula is C26H24N4O4. The molecule has 1 aromatic heterocycles. The number of rotatable bonds is 6. The highest BCUT2D eigenvalue weighted by Crippen LogP contribution is 2.20. The Morgan fingerprint density at radius 1 is 0.824 bits per heavy atom. The molecule has 3 amide bonds. The van der Waals surface area contributed by atoms with Crippen molar-refractivity contribution in [3.05, 3.63) is 95.7 Å². The molecule has 4 rings (SSSR count). The first-order valence-electron chi connectivity index (χ1n) is 10.6. The van der Waals surface area contributed by atoms with Gasteiger partial charge in [0.25, 0.3) is 11.8 Å². The van der Waals surface area contributed by atoms with Crippen LogP contribution < -0.4 is 21.1 Å². The number of amides is 3. The number of hydrogen-bond donors (Lipinski definition) is 3. The van der Waals surface area contributed by atoms with Gasteiger partial charge in [0, 0.05) is 36.4 Å². The Balaban J connectivity index is 1.29. The zero-order valence-electron chi connectivity index (χ0n) is 18.8. The third kappa shape index (κ3) is 5.42. The number of carbonyl (C=O) groups is 3. The average Bonchev–Trinajstić information content (AvgIpc) is 3.28. The molecule has 0 aliphatic heterocycles. The molecule has 4 aromatic rings. The number of anilines is 2. The lowest BCUT2D eigenvalue weighted by atomic mass is 10.1. The number of carbonyl (C=O) groups excluding carboxylic acids is 3. The summed E-state index contributed by atoms with van der Waals surface area (Å²) in [5, 5.41) is 3.63. The molecule has 8 heteroatoms. The van der Waals surface area contributed by atoms with Gasteiger partial charge in [-0.05, 0) is 48.0 Å². The van der Waals surface area contributed by atoms with Crippen LogP contribution in [-0.2, 0) is 11.2 Å². The molecule has 3 aromatic carbocycles. The maximum absolute atomic E-state index is 12.5. The van der Waals surface area contributed by atoms with E-state index in [-0.39, 0.29) is 24.0 Å². The van der Waals surface area contributed by atoms with Gasteiger partial charge in [-0.1, -0.05) is 36.4 Å². The van der Waals surface area contributed by atoms with E-state index in [9.17, 15) is 14.4 Å². The van der Waals surface area contributed by atoms with E-state index < -0.39 is 5.91 Å². The fraction of sp³-hybridized carbons (Fsp3) is 0.115. The topological polar surface area (TPSA) is 104 Å². The summed E-state index contributed by atoms with van der Waals surface area (Å²) in [4.78, 5) is 38.9. The van der Waals surface area contributed by atoms with Crippen molar-refractivity contribution in [2.24, 2.45) is 0 Å². The molecule has 1 heterocycles. The molecule has 3 N–H and O–H groups in total. The normalized spacial score (nSPS) is 10.5. The molecule has 0 saturated carbocycles. The Hall–Kier alpha value is -4.59. The first-order chi connectivity index (χ1) is 16.4. The molecule has 0 aliphatic carbocycles. The van der Waals surface area contributed by atoms with Crippen molar-refractivity contribution in [1.82, 2.24) is 10.9 Å². The van der Waals surface area contributed by atoms with Gasteiger partial charge in [-0.15, -0.1) is 0 Å². The van der Waals surface area contributed by atoms with Crippen molar-refractivity contribution in [2.75, 3.05) is 24.3 Å². The minimum atomic E-state index is -0.402. The minimum Gasteiger partial charge on any atom is -0.451 e. The maximum atomic E-state index is 12.5. The van der Waals surface area contributed by atoms with Crippen LogP contribution in [0.2, 0.25) is 0 Å². The highest BCUT2D eigenvalue weighted by atomic mass is 16.3. The van der Waals surface area contributed by atoms with Crippen molar-refractivity contribution in [1.29, 1.82) is 0 Å². The van der Waals surface area contributed by atoms with E-state index in [0.29, 0.717) is 16.8 Å². The van der Waals surface area contributed by atoms with E-state index >= 15 is 0 Å². The molecule has 0 saturated heterocycles. The Morgan fingerprint density at radius 2 is 1.59 bits per heavy atom. The monoisotopic (exact) mass is 456 g/mol. The number of fused-ring (bicyclic) bond motifs is 1. The van der Waals surface area contributed by atoms with E-state index in [2.05, 4.69) is 16.2 Å². The fourth-order valence-corrected chi connectivity index (χ4v) is 3.35. The second-order valence-corrected chi connectivity index (χ2v) is 7.92. The van der Waals surface area contributed by atoms with E-state index in [1.54, 1.807) is 54.6 Å². The first-order valence-corrected chi connectivity index (χ1v) is 10.6. The molecule has 0 fully saturated rings. The molecule has 172 valence electrons.